The summed E-state index contributed by atoms with van der Waals surface area (Å²) in [4.78, 5) is 24.1. The van der Waals surface area contributed by atoms with E-state index in [1.54, 1.807) is 24.3 Å². The average molecular weight is 552 g/mol. The van der Waals surface area contributed by atoms with E-state index in [0.717, 1.165) is 26.1 Å². The summed E-state index contributed by atoms with van der Waals surface area (Å²) in [5.74, 6) is -2.28. The molecule has 2 N–H and O–H groups in total. The van der Waals surface area contributed by atoms with Gasteiger partial charge in [-0.3, -0.25) is 9.69 Å². The van der Waals surface area contributed by atoms with Crippen LogP contribution in [0.5, 0.6) is 5.75 Å². The van der Waals surface area contributed by atoms with Gasteiger partial charge in [0.25, 0.3) is 5.91 Å². The number of anilines is 1. The van der Waals surface area contributed by atoms with Crippen molar-refractivity contribution in [2.75, 3.05) is 18.4 Å². The summed E-state index contributed by atoms with van der Waals surface area (Å²) < 4.78 is 37.9. The number of aliphatic carboxylic acids is 1. The predicted molar refractivity (Wildman–Crippen MR) is 133 cm³/mol. The third-order valence-electron chi connectivity index (χ3n) is 5.19. The number of amides is 1. The summed E-state index contributed by atoms with van der Waals surface area (Å²) in [5.41, 5.74) is 2.49. The van der Waals surface area contributed by atoms with Crippen LogP contribution in [0, 0.1) is 11.3 Å². The number of nitrogens with one attached hydrogen (secondary N) is 1. The zero-order valence-corrected chi connectivity index (χ0v) is 20.7. The minimum Gasteiger partial charge on any atom is -0.487 e. The highest BCUT2D eigenvalue weighted by Gasteiger charge is 2.38. The lowest BCUT2D eigenvalue weighted by molar-refractivity contribution is -0.192. The lowest BCUT2D eigenvalue weighted by atomic mass is 10.1. The van der Waals surface area contributed by atoms with Crippen molar-refractivity contribution < 1.29 is 32.6 Å². The van der Waals surface area contributed by atoms with E-state index in [0.29, 0.717) is 26.9 Å². The first-order valence-corrected chi connectivity index (χ1v) is 12.1. The van der Waals surface area contributed by atoms with Crippen LogP contribution in [0.1, 0.15) is 27.2 Å². The SMILES string of the molecule is N#Cc1ccc(CN2CCC(Oc3ccc(NC(=O)c4cccs4)cc3Cl)C2)cc1.O=C(O)C(F)(F)F. The van der Waals surface area contributed by atoms with Crippen LogP contribution >= 0.6 is 22.9 Å². The van der Waals surface area contributed by atoms with E-state index < -0.39 is 12.1 Å². The molecule has 1 aliphatic heterocycles. The predicted octanol–water partition coefficient (Wildman–Crippen LogP) is 5.81. The van der Waals surface area contributed by atoms with Gasteiger partial charge in [0.15, 0.2) is 0 Å². The molecule has 194 valence electrons. The fraction of sp³-hybridized carbons (Fsp3) is 0.240. The molecule has 3 aromatic rings. The molecule has 1 unspecified atom stereocenters. The number of benzene rings is 2. The number of likely N-dealkylation sites (tertiary alicyclic amines) is 1. The maximum atomic E-state index is 12.2. The van der Waals surface area contributed by atoms with E-state index in [4.69, 9.17) is 31.5 Å². The van der Waals surface area contributed by atoms with Crippen molar-refractivity contribution in [2.45, 2.75) is 25.2 Å². The Balaban J connectivity index is 0.000000479. The van der Waals surface area contributed by atoms with E-state index >= 15 is 0 Å². The van der Waals surface area contributed by atoms with Gasteiger partial charge in [-0.05, 0) is 53.8 Å². The molecule has 12 heteroatoms. The maximum absolute atomic E-state index is 12.2. The number of carboxylic acids is 1. The summed E-state index contributed by atoms with van der Waals surface area (Å²) in [6, 6.07) is 18.8. The number of ether oxygens (including phenoxy) is 1. The molecular weight excluding hydrogens is 531 g/mol. The fourth-order valence-corrected chi connectivity index (χ4v) is 4.28. The summed E-state index contributed by atoms with van der Waals surface area (Å²) in [6.07, 6.45) is -4.10. The Bertz CT molecular complexity index is 1260. The van der Waals surface area contributed by atoms with Crippen molar-refractivity contribution in [1.29, 1.82) is 5.26 Å². The molecule has 2 heterocycles. The number of hydrogen-bond acceptors (Lipinski definition) is 6. The van der Waals surface area contributed by atoms with Gasteiger partial charge in [-0.25, -0.2) is 4.79 Å². The molecule has 4 rings (SSSR count). The zero-order chi connectivity index (χ0) is 27.0. The molecule has 0 saturated carbocycles. The van der Waals surface area contributed by atoms with Gasteiger partial charge < -0.3 is 15.2 Å². The Kier molecular flexibility index (Phi) is 9.52. The molecular formula is C25H21ClF3N3O4S. The molecule has 0 spiro atoms. The van der Waals surface area contributed by atoms with E-state index in [2.05, 4.69) is 16.3 Å². The van der Waals surface area contributed by atoms with Crippen LogP contribution in [0.15, 0.2) is 60.0 Å². The molecule has 0 aliphatic carbocycles. The quantitative estimate of drug-likeness (QED) is 0.401. The summed E-state index contributed by atoms with van der Waals surface area (Å²) >= 11 is 7.79. The monoisotopic (exact) mass is 551 g/mol. The van der Waals surface area contributed by atoms with Gasteiger partial charge >= 0.3 is 12.1 Å². The Morgan fingerprint density at radius 2 is 1.92 bits per heavy atom. The normalized spacial score (nSPS) is 15.3. The Labute approximate surface area is 219 Å². The minimum absolute atomic E-state index is 0.0624. The molecule has 7 nitrogen and oxygen atoms in total. The second-order valence-corrected chi connectivity index (χ2v) is 9.31. The molecule has 1 atom stereocenters. The largest absolute Gasteiger partial charge is 0.490 e. The molecule has 0 radical (unpaired) electrons. The highest BCUT2D eigenvalue weighted by Crippen LogP contribution is 2.30. The molecule has 0 bridgehead atoms. The maximum Gasteiger partial charge on any atom is 0.490 e. The van der Waals surface area contributed by atoms with Crippen molar-refractivity contribution in [3.8, 4) is 11.8 Å². The Morgan fingerprint density at radius 1 is 1.22 bits per heavy atom. The number of carbonyl (C=O) groups excluding carboxylic acids is 1. The first-order chi connectivity index (χ1) is 17.5. The van der Waals surface area contributed by atoms with Crippen LogP contribution in [-0.2, 0) is 11.3 Å². The Morgan fingerprint density at radius 3 is 2.49 bits per heavy atom. The van der Waals surface area contributed by atoms with Gasteiger partial charge in [0.2, 0.25) is 0 Å². The molecule has 1 amide bonds. The van der Waals surface area contributed by atoms with Crippen molar-refractivity contribution >= 4 is 40.5 Å². The molecule has 1 fully saturated rings. The van der Waals surface area contributed by atoms with Gasteiger partial charge in [0.1, 0.15) is 11.9 Å². The number of halogens is 4. The van der Waals surface area contributed by atoms with E-state index in [1.807, 2.05) is 35.7 Å². The van der Waals surface area contributed by atoms with Crippen LogP contribution in [0.3, 0.4) is 0 Å². The average Bonchev–Trinajstić information content (AvgIpc) is 3.54. The molecule has 1 aromatic heterocycles. The number of rotatable bonds is 6. The molecule has 2 aromatic carbocycles. The van der Waals surface area contributed by atoms with Crippen molar-refractivity contribution in [2.24, 2.45) is 0 Å². The summed E-state index contributed by atoms with van der Waals surface area (Å²) in [5, 5.41) is 21.2. The first-order valence-electron chi connectivity index (χ1n) is 10.9. The topological polar surface area (TPSA) is 103 Å². The standard InChI is InChI=1S/C23H20ClN3O2S.C2HF3O2/c24-20-12-18(26-23(28)22-2-1-11-30-22)7-8-21(20)29-19-9-10-27(15-19)14-17-5-3-16(13-25)4-6-17;3-2(4,5)1(6)7/h1-8,11-12,19H,9-10,14-15H2,(H,26,28);(H,6,7). The second-order valence-electron chi connectivity index (χ2n) is 7.95. The second kappa shape index (κ2) is 12.6. The number of hydrogen-bond donors (Lipinski definition) is 2. The third kappa shape index (κ3) is 8.49. The highest BCUT2D eigenvalue weighted by atomic mass is 35.5. The van der Waals surface area contributed by atoms with Gasteiger partial charge in [0, 0.05) is 25.3 Å². The summed E-state index contributed by atoms with van der Waals surface area (Å²) in [6.45, 7) is 2.58. The van der Waals surface area contributed by atoms with Gasteiger partial charge in [-0.15, -0.1) is 11.3 Å². The number of carbonyl (C=O) groups is 2. The lowest BCUT2D eigenvalue weighted by Crippen LogP contribution is -2.24. The number of nitrogens with zero attached hydrogens (tertiary/aromatic N) is 2. The van der Waals surface area contributed by atoms with Crippen molar-refractivity contribution in [3.05, 3.63) is 81.0 Å². The van der Waals surface area contributed by atoms with Crippen LogP contribution in [0.25, 0.3) is 0 Å². The highest BCUT2D eigenvalue weighted by molar-refractivity contribution is 7.12. The van der Waals surface area contributed by atoms with Gasteiger partial charge in [-0.2, -0.15) is 18.4 Å². The van der Waals surface area contributed by atoms with Crippen LogP contribution in [0.4, 0.5) is 18.9 Å². The fourth-order valence-electron chi connectivity index (χ4n) is 3.43. The van der Waals surface area contributed by atoms with Gasteiger partial charge in [0.05, 0.1) is 21.5 Å². The van der Waals surface area contributed by atoms with E-state index in [-0.39, 0.29) is 12.0 Å². The number of thiophene rings is 1. The Hall–Kier alpha value is -3.59. The molecule has 1 aliphatic rings. The van der Waals surface area contributed by atoms with Crippen LogP contribution in [0.2, 0.25) is 5.02 Å². The van der Waals surface area contributed by atoms with Crippen LogP contribution in [-0.4, -0.2) is 47.3 Å². The third-order valence-corrected chi connectivity index (χ3v) is 6.35. The van der Waals surface area contributed by atoms with E-state index in [9.17, 15) is 18.0 Å². The summed E-state index contributed by atoms with van der Waals surface area (Å²) in [7, 11) is 0. The van der Waals surface area contributed by atoms with Crippen LogP contribution < -0.4 is 10.1 Å². The number of alkyl halides is 3. The van der Waals surface area contributed by atoms with Crippen molar-refractivity contribution in [3.63, 3.8) is 0 Å². The smallest absolute Gasteiger partial charge is 0.487 e. The molecule has 1 saturated heterocycles. The first kappa shape index (κ1) is 28.0. The number of carboxylic acid groups (broad SMARTS) is 1. The minimum atomic E-state index is -5.08. The van der Waals surface area contributed by atoms with Gasteiger partial charge in [-0.1, -0.05) is 29.8 Å². The van der Waals surface area contributed by atoms with Crippen molar-refractivity contribution in [1.82, 2.24) is 4.90 Å². The zero-order valence-electron chi connectivity index (χ0n) is 19.2. The molecule has 37 heavy (non-hydrogen) atoms. The van der Waals surface area contributed by atoms with E-state index in [1.165, 1.54) is 16.9 Å². The lowest BCUT2D eigenvalue weighted by Gasteiger charge is -2.18. The number of nitriles is 1.